The summed E-state index contributed by atoms with van der Waals surface area (Å²) in [7, 11) is 1.79. The van der Waals surface area contributed by atoms with E-state index in [2.05, 4.69) is 20.0 Å². The van der Waals surface area contributed by atoms with Crippen molar-refractivity contribution in [3.63, 3.8) is 0 Å². The van der Waals surface area contributed by atoms with E-state index in [0.717, 1.165) is 37.3 Å². The highest BCUT2D eigenvalue weighted by molar-refractivity contribution is 7.07. The van der Waals surface area contributed by atoms with Crippen LogP contribution in [0.3, 0.4) is 0 Å². The predicted molar refractivity (Wildman–Crippen MR) is 92.7 cm³/mol. The molecular formula is C16H20N6O3S. The molecule has 1 N–H and O–H groups in total. The van der Waals surface area contributed by atoms with Crippen molar-refractivity contribution in [1.29, 1.82) is 0 Å². The average Bonchev–Trinajstić information content (AvgIpc) is 3.05. The molecule has 0 bridgehead atoms. The first-order chi connectivity index (χ1) is 12.5. The molecule has 3 heterocycles. The number of nitrogens with zero attached hydrogens (tertiary/aromatic N) is 5. The van der Waals surface area contributed by atoms with Gasteiger partial charge >= 0.3 is 0 Å². The number of aryl methyl sites for hydroxylation is 1. The quantitative estimate of drug-likeness (QED) is 0.813. The molecule has 2 aromatic heterocycles. The maximum absolute atomic E-state index is 12.6. The van der Waals surface area contributed by atoms with Crippen molar-refractivity contribution in [2.24, 2.45) is 12.5 Å². The number of nitrogens with one attached hydrogen (secondary N) is 1. The number of amides is 2. The lowest BCUT2D eigenvalue weighted by molar-refractivity contribution is -0.124. The molecular weight excluding hydrogens is 356 g/mol. The number of carbonyl (C=O) groups excluding carboxylic acids is 2. The molecule has 10 heteroatoms. The van der Waals surface area contributed by atoms with Crippen LogP contribution in [0.5, 0.6) is 5.75 Å². The van der Waals surface area contributed by atoms with Crippen LogP contribution in [0, 0.1) is 5.41 Å². The number of carbonyl (C=O) groups is 2. The van der Waals surface area contributed by atoms with Gasteiger partial charge in [-0.1, -0.05) is 4.49 Å². The van der Waals surface area contributed by atoms with E-state index in [9.17, 15) is 9.59 Å². The van der Waals surface area contributed by atoms with Crippen molar-refractivity contribution in [2.75, 3.05) is 19.7 Å². The highest BCUT2D eigenvalue weighted by Gasteiger charge is 2.50. The molecule has 1 aliphatic carbocycles. The van der Waals surface area contributed by atoms with Crippen LogP contribution < -0.4 is 10.1 Å². The van der Waals surface area contributed by atoms with E-state index in [4.69, 9.17) is 4.74 Å². The fourth-order valence-electron chi connectivity index (χ4n) is 3.49. The molecule has 26 heavy (non-hydrogen) atoms. The monoisotopic (exact) mass is 376 g/mol. The lowest BCUT2D eigenvalue weighted by Crippen LogP contribution is -2.53. The molecule has 1 spiro atoms. The maximum Gasteiger partial charge on any atom is 0.267 e. The summed E-state index contributed by atoms with van der Waals surface area (Å²) in [5.41, 5.74) is 0.147. The van der Waals surface area contributed by atoms with E-state index in [1.807, 2.05) is 4.90 Å². The lowest BCUT2D eigenvalue weighted by Gasteiger charge is -2.38. The van der Waals surface area contributed by atoms with Crippen LogP contribution >= 0.6 is 11.5 Å². The second-order valence-electron chi connectivity index (χ2n) is 7.07. The second-order valence-corrected chi connectivity index (χ2v) is 7.86. The zero-order valence-electron chi connectivity index (χ0n) is 14.4. The first-order valence-corrected chi connectivity index (χ1v) is 9.28. The number of rotatable bonds is 5. The first kappa shape index (κ1) is 17.0. The molecule has 1 aliphatic heterocycles. The highest BCUT2D eigenvalue weighted by Crippen LogP contribution is 2.52. The molecule has 9 nitrogen and oxygen atoms in total. The molecule has 0 radical (unpaired) electrons. The van der Waals surface area contributed by atoms with Gasteiger partial charge < -0.3 is 15.0 Å². The Morgan fingerprint density at radius 3 is 2.92 bits per heavy atom. The summed E-state index contributed by atoms with van der Waals surface area (Å²) in [6.45, 7) is 1.17. The standard InChI is InChI=1S/C16H20N6O3S/c1-21-8-12(5-18-21)25-9-14(23)19-11-4-16(2-3-16)10-22(7-11)15(24)13-6-17-20-26-13/h5-6,8,11H,2-4,7,9-10H2,1H3,(H,19,23). The topological polar surface area (TPSA) is 102 Å². The van der Waals surface area contributed by atoms with Crippen LogP contribution in [0.4, 0.5) is 0 Å². The van der Waals surface area contributed by atoms with Crippen LogP contribution in [0.2, 0.25) is 0 Å². The van der Waals surface area contributed by atoms with Gasteiger partial charge in [0.15, 0.2) is 12.4 Å². The second kappa shape index (κ2) is 6.67. The van der Waals surface area contributed by atoms with E-state index < -0.39 is 0 Å². The molecule has 1 unspecified atom stereocenters. The van der Waals surface area contributed by atoms with Crippen molar-refractivity contribution in [3.8, 4) is 5.75 Å². The molecule has 1 atom stereocenters. The summed E-state index contributed by atoms with van der Waals surface area (Å²) >= 11 is 1.10. The van der Waals surface area contributed by atoms with Gasteiger partial charge in [0.25, 0.3) is 11.8 Å². The van der Waals surface area contributed by atoms with Gasteiger partial charge in [-0.05, 0) is 36.2 Å². The third-order valence-corrected chi connectivity index (χ3v) is 5.53. The van der Waals surface area contributed by atoms with Gasteiger partial charge in [0.05, 0.1) is 18.6 Å². The number of ether oxygens (including phenoxy) is 1. The van der Waals surface area contributed by atoms with Crippen LogP contribution in [0.15, 0.2) is 18.6 Å². The van der Waals surface area contributed by atoms with E-state index >= 15 is 0 Å². The molecule has 2 aliphatic rings. The highest BCUT2D eigenvalue weighted by atomic mass is 32.1. The maximum atomic E-state index is 12.6. The molecule has 138 valence electrons. The Balaban J connectivity index is 1.35. The largest absolute Gasteiger partial charge is 0.480 e. The summed E-state index contributed by atoms with van der Waals surface area (Å²) in [4.78, 5) is 27.2. The number of hydrogen-bond acceptors (Lipinski definition) is 7. The van der Waals surface area contributed by atoms with Gasteiger partial charge in [-0.3, -0.25) is 14.3 Å². The molecule has 1 saturated carbocycles. The molecule has 4 rings (SSSR count). The summed E-state index contributed by atoms with van der Waals surface area (Å²) in [5.74, 6) is 0.305. The Kier molecular flexibility index (Phi) is 4.35. The van der Waals surface area contributed by atoms with E-state index in [0.29, 0.717) is 17.2 Å². The fourth-order valence-corrected chi connectivity index (χ4v) is 3.97. The smallest absolute Gasteiger partial charge is 0.267 e. The third-order valence-electron chi connectivity index (χ3n) is 4.88. The summed E-state index contributed by atoms with van der Waals surface area (Å²) in [6, 6.07) is -0.0684. The Morgan fingerprint density at radius 2 is 2.27 bits per heavy atom. The van der Waals surface area contributed by atoms with Crippen molar-refractivity contribution < 1.29 is 14.3 Å². The van der Waals surface area contributed by atoms with Gasteiger partial charge in [0, 0.05) is 26.2 Å². The zero-order valence-corrected chi connectivity index (χ0v) is 15.2. The molecule has 0 aromatic carbocycles. The van der Waals surface area contributed by atoms with E-state index in [1.165, 1.54) is 6.20 Å². The minimum Gasteiger partial charge on any atom is -0.480 e. The van der Waals surface area contributed by atoms with Crippen molar-refractivity contribution in [1.82, 2.24) is 29.6 Å². The van der Waals surface area contributed by atoms with E-state index in [1.54, 1.807) is 24.1 Å². The number of likely N-dealkylation sites (tertiary alicyclic amines) is 1. The molecule has 1 saturated heterocycles. The first-order valence-electron chi connectivity index (χ1n) is 8.50. The van der Waals surface area contributed by atoms with Crippen molar-refractivity contribution >= 4 is 23.3 Å². The van der Waals surface area contributed by atoms with Gasteiger partial charge in [-0.2, -0.15) is 5.10 Å². The fraction of sp³-hybridized carbons (Fsp3) is 0.562. The summed E-state index contributed by atoms with van der Waals surface area (Å²) in [6.07, 6.45) is 7.85. The minimum absolute atomic E-state index is 0.0585. The van der Waals surface area contributed by atoms with Gasteiger partial charge in [0.2, 0.25) is 0 Å². The van der Waals surface area contributed by atoms with Crippen LogP contribution in [0.25, 0.3) is 0 Å². The Morgan fingerprint density at radius 1 is 1.42 bits per heavy atom. The Hall–Kier alpha value is -2.49. The van der Waals surface area contributed by atoms with Gasteiger partial charge in [-0.15, -0.1) is 5.10 Å². The summed E-state index contributed by atoms with van der Waals surface area (Å²) < 4.78 is 10.8. The molecule has 2 amide bonds. The number of hydrogen-bond donors (Lipinski definition) is 1. The lowest BCUT2D eigenvalue weighted by atomic mass is 9.91. The average molecular weight is 376 g/mol. The SMILES string of the molecule is Cn1cc(OCC(=O)NC2CN(C(=O)c3cnns3)CC3(CC3)C2)cn1. The number of aromatic nitrogens is 4. The summed E-state index contributed by atoms with van der Waals surface area (Å²) in [5, 5.41) is 10.7. The van der Waals surface area contributed by atoms with Crippen molar-refractivity contribution in [3.05, 3.63) is 23.5 Å². The van der Waals surface area contributed by atoms with Crippen LogP contribution in [-0.2, 0) is 11.8 Å². The van der Waals surface area contributed by atoms with Gasteiger partial charge in [-0.25, -0.2) is 0 Å². The molecule has 2 aromatic rings. The minimum atomic E-state index is -0.191. The zero-order chi connectivity index (χ0) is 18.1. The van der Waals surface area contributed by atoms with Gasteiger partial charge in [0.1, 0.15) is 4.88 Å². The molecule has 2 fully saturated rings. The van der Waals surface area contributed by atoms with E-state index in [-0.39, 0.29) is 29.9 Å². The normalized spacial score (nSPS) is 20.8. The predicted octanol–water partition coefficient (Wildman–Crippen LogP) is 0.461. The third kappa shape index (κ3) is 3.69. The van der Waals surface area contributed by atoms with Crippen molar-refractivity contribution in [2.45, 2.75) is 25.3 Å². The van der Waals surface area contributed by atoms with Crippen LogP contribution in [0.1, 0.15) is 28.9 Å². The number of piperidine rings is 1. The Bertz CT molecular complexity index is 801. The van der Waals surface area contributed by atoms with Crippen LogP contribution in [-0.4, -0.2) is 61.8 Å². The Labute approximate surface area is 154 Å².